The first-order valence-corrected chi connectivity index (χ1v) is 25.1. The van der Waals surface area contributed by atoms with Crippen LogP contribution in [0.5, 0.6) is 0 Å². The summed E-state index contributed by atoms with van der Waals surface area (Å²) < 4.78 is 15.8. The lowest BCUT2D eigenvalue weighted by Gasteiger charge is -2.25. The smallest absolute Gasteiger partial charge is 0.183 e. The highest BCUT2D eigenvalue weighted by Crippen LogP contribution is 2.28. The zero-order valence-electron chi connectivity index (χ0n) is 39.9. The van der Waals surface area contributed by atoms with Crippen LogP contribution in [0.25, 0.3) is 0 Å². The van der Waals surface area contributed by atoms with E-state index in [2.05, 4.69) is 193 Å². The zero-order valence-corrected chi connectivity index (χ0v) is 42.6. The average molecular weight is 826 g/mol. The van der Waals surface area contributed by atoms with Crippen LogP contribution in [0.3, 0.4) is 0 Å². The van der Waals surface area contributed by atoms with Crippen molar-refractivity contribution in [3.8, 4) is 0 Å². The predicted molar refractivity (Wildman–Crippen MR) is 260 cm³/mol. The summed E-state index contributed by atoms with van der Waals surface area (Å²) in [6.07, 6.45) is 14.2. The summed E-state index contributed by atoms with van der Waals surface area (Å²) in [5.74, 6) is 2.08. The molecule has 2 aromatic heterocycles. The highest BCUT2D eigenvalue weighted by Gasteiger charge is 2.19. The molecule has 326 valence electrons. The summed E-state index contributed by atoms with van der Waals surface area (Å²) in [7, 11) is 0.460. The molecular formula is C49H96O3S2Si. The summed E-state index contributed by atoms with van der Waals surface area (Å²) in [6.45, 7) is 48.4. The summed E-state index contributed by atoms with van der Waals surface area (Å²) in [5, 5.41) is 2.14. The van der Waals surface area contributed by atoms with Gasteiger partial charge in [-0.25, -0.2) is 0 Å². The minimum absolute atomic E-state index is 0. The highest BCUT2D eigenvalue weighted by atomic mass is 32.1. The number of ether oxygens (including phenoxy) is 1. The van der Waals surface area contributed by atoms with Crippen molar-refractivity contribution in [2.45, 2.75) is 184 Å². The molecule has 0 N–H and O–H groups in total. The minimum atomic E-state index is -1.27. The number of thiol groups is 1. The molecule has 1 aliphatic carbocycles. The molecule has 2 heterocycles. The topological polar surface area (TPSA) is 31.6 Å². The fourth-order valence-electron chi connectivity index (χ4n) is 4.38. The molecule has 1 aliphatic rings. The van der Waals surface area contributed by atoms with E-state index in [-0.39, 0.29) is 7.43 Å². The average Bonchev–Trinajstić information content (AvgIpc) is 3.70. The van der Waals surface area contributed by atoms with Gasteiger partial charge in [-0.15, -0.1) is 11.3 Å². The van der Waals surface area contributed by atoms with Crippen LogP contribution >= 0.6 is 24.0 Å². The van der Waals surface area contributed by atoms with E-state index in [1.54, 1.807) is 18.9 Å². The molecule has 0 unspecified atom stereocenters. The molecule has 6 heteroatoms. The van der Waals surface area contributed by atoms with E-state index in [0.29, 0.717) is 32.5 Å². The maximum absolute atomic E-state index is 5.73. The maximum Gasteiger partial charge on any atom is 0.183 e. The van der Waals surface area contributed by atoms with Crippen molar-refractivity contribution < 1.29 is 13.6 Å². The lowest BCUT2D eigenvalue weighted by Crippen LogP contribution is -2.30. The quantitative estimate of drug-likeness (QED) is 0.223. The van der Waals surface area contributed by atoms with Crippen molar-refractivity contribution in [2.75, 3.05) is 26.1 Å². The van der Waals surface area contributed by atoms with Gasteiger partial charge in [-0.3, -0.25) is 0 Å². The Balaban J connectivity index is -0.000000285. The number of thiophene rings is 1. The summed E-state index contributed by atoms with van der Waals surface area (Å²) in [6, 6.07) is 8.27. The number of methoxy groups -OCH3 is 1. The zero-order chi connectivity index (χ0) is 43.1. The van der Waals surface area contributed by atoms with Crippen LogP contribution in [0.4, 0.5) is 0 Å². The van der Waals surface area contributed by atoms with E-state index in [9.17, 15) is 0 Å². The number of hydrogen-bond acceptors (Lipinski definition) is 5. The van der Waals surface area contributed by atoms with Crippen molar-refractivity contribution in [3.05, 3.63) is 70.3 Å². The molecule has 0 atom stereocenters. The van der Waals surface area contributed by atoms with Gasteiger partial charge in [-0.05, 0) is 107 Å². The van der Waals surface area contributed by atoms with Gasteiger partial charge in [0.2, 0.25) is 0 Å². The third-order valence-corrected chi connectivity index (χ3v) is 8.66. The van der Waals surface area contributed by atoms with E-state index in [0.717, 1.165) is 31.1 Å². The van der Waals surface area contributed by atoms with Crippen LogP contribution in [0.15, 0.2) is 64.1 Å². The Hall–Kier alpha value is -1.05. The highest BCUT2D eigenvalue weighted by molar-refractivity contribution is 7.80. The molecule has 3 nitrogen and oxygen atoms in total. The Morgan fingerprint density at radius 1 is 0.673 bits per heavy atom. The number of hydrogen-bond donors (Lipinski definition) is 1. The van der Waals surface area contributed by atoms with Gasteiger partial charge in [0.25, 0.3) is 0 Å². The van der Waals surface area contributed by atoms with Gasteiger partial charge < -0.3 is 13.6 Å². The molecule has 55 heavy (non-hydrogen) atoms. The normalized spacial score (nSPS) is 13.1. The maximum atomic E-state index is 5.73. The largest absolute Gasteiger partial charge is 0.469 e. The number of furan rings is 1. The summed E-state index contributed by atoms with van der Waals surface area (Å²) >= 11 is 5.96. The Bertz CT molecular complexity index is 1120. The van der Waals surface area contributed by atoms with Gasteiger partial charge in [0.15, 0.2) is 8.32 Å². The van der Waals surface area contributed by atoms with Crippen molar-refractivity contribution in [1.82, 2.24) is 0 Å². The van der Waals surface area contributed by atoms with E-state index in [1.807, 2.05) is 23.5 Å². The van der Waals surface area contributed by atoms with Crippen LogP contribution in [-0.4, -0.2) is 34.4 Å². The van der Waals surface area contributed by atoms with Gasteiger partial charge in [0.1, 0.15) is 5.76 Å². The van der Waals surface area contributed by atoms with Crippen molar-refractivity contribution in [3.63, 3.8) is 0 Å². The molecule has 0 aromatic carbocycles. The van der Waals surface area contributed by atoms with E-state index >= 15 is 0 Å². The fraction of sp³-hybridized carbons (Fsp3) is 0.755. The third kappa shape index (κ3) is 55.1. The second-order valence-corrected chi connectivity index (χ2v) is 28.8. The Labute approximate surface area is 356 Å². The van der Waals surface area contributed by atoms with E-state index in [1.165, 1.54) is 30.6 Å². The van der Waals surface area contributed by atoms with Crippen molar-refractivity contribution >= 4 is 32.3 Å². The van der Waals surface area contributed by atoms with Gasteiger partial charge in [-0.2, -0.15) is 12.6 Å². The number of allylic oxidation sites excluding steroid dienone is 4. The summed E-state index contributed by atoms with van der Waals surface area (Å²) in [5.41, 5.74) is 3.92. The molecule has 2 aromatic rings. The lowest BCUT2D eigenvalue weighted by atomic mass is 9.88. The van der Waals surface area contributed by atoms with Gasteiger partial charge >= 0.3 is 0 Å². The SMILES string of the molecule is C.CC(C)(C)CC1=CC=CC1.CC(C)(C)CCS.CC(C)(C)CO[Si](C)(C)C.CC(C)(C)Cc1ccco1.CC(C)(C)Cc1cccs1.COCC(C)(C)C. The first kappa shape index (κ1) is 60.6. The monoisotopic (exact) mass is 825 g/mol. The summed E-state index contributed by atoms with van der Waals surface area (Å²) in [4.78, 5) is 1.49. The van der Waals surface area contributed by atoms with Crippen LogP contribution in [0.1, 0.15) is 162 Å². The van der Waals surface area contributed by atoms with Crippen LogP contribution in [0, 0.1) is 32.5 Å². The molecule has 0 aliphatic heterocycles. The van der Waals surface area contributed by atoms with Gasteiger partial charge in [0.05, 0.1) is 12.9 Å². The molecule has 0 saturated heterocycles. The molecule has 0 radical (unpaired) electrons. The third-order valence-electron chi connectivity index (χ3n) is 6.55. The molecule has 0 amide bonds. The minimum Gasteiger partial charge on any atom is -0.469 e. The van der Waals surface area contributed by atoms with Crippen molar-refractivity contribution in [2.24, 2.45) is 32.5 Å². The van der Waals surface area contributed by atoms with Crippen LogP contribution in [-0.2, 0) is 22.0 Å². The predicted octanol–water partition coefficient (Wildman–Crippen LogP) is 17.1. The standard InChI is InChI=1S/C10H16.C9H14O.C9H14S.C8H20OSi.C6H14O.C6H14S.CH4/c1-10(2,3)8-9-6-4-5-7-9;2*1-9(2,3)7-8-5-4-6-10-8;1-8(2,3)7-9-10(4,5)6;1-6(2,3)5-7-4;1-6(2,3)4-5-7;/h4-6H,7-8H2,1-3H3;2*4-6H,7H2,1-3H3;7H2,1-6H3;5H2,1-4H3;7H,4-5H2,1-3H3;1H4. The van der Waals surface area contributed by atoms with Crippen LogP contribution < -0.4 is 0 Å². The fourth-order valence-corrected chi connectivity index (χ4v) is 6.92. The first-order valence-electron chi connectivity index (χ1n) is 20.2. The molecule has 0 bridgehead atoms. The van der Waals surface area contributed by atoms with Gasteiger partial charge in [-0.1, -0.05) is 162 Å². The Morgan fingerprint density at radius 3 is 1.42 bits per heavy atom. The van der Waals surface area contributed by atoms with Crippen LogP contribution in [0.2, 0.25) is 19.6 Å². The molecular weight excluding hydrogens is 729 g/mol. The molecule has 0 spiro atoms. The van der Waals surface area contributed by atoms with E-state index < -0.39 is 8.32 Å². The molecule has 3 rings (SSSR count). The van der Waals surface area contributed by atoms with Gasteiger partial charge in [0, 0.05) is 25.0 Å². The molecule has 0 saturated carbocycles. The lowest BCUT2D eigenvalue weighted by molar-refractivity contribution is 0.116. The Kier molecular flexibility index (Phi) is 31.3. The van der Waals surface area contributed by atoms with Crippen molar-refractivity contribution in [1.29, 1.82) is 0 Å². The second kappa shape index (κ2) is 28.4. The second-order valence-electron chi connectivity index (χ2n) is 22.8. The Morgan fingerprint density at radius 2 is 1.18 bits per heavy atom. The molecule has 0 fully saturated rings. The van der Waals surface area contributed by atoms with E-state index in [4.69, 9.17) is 13.6 Å². The first-order chi connectivity index (χ1) is 24.1. The number of rotatable bonds is 7.